The first-order valence-corrected chi connectivity index (χ1v) is 27.6. The van der Waals surface area contributed by atoms with Crippen molar-refractivity contribution >= 4 is 125 Å². The molecule has 0 saturated carbocycles. The molecule has 16 rings (SSSR count). The molecule has 4 aromatic heterocycles. The number of para-hydroxylation sites is 8. The van der Waals surface area contributed by atoms with Crippen molar-refractivity contribution in [3.05, 3.63) is 316 Å². The standard InChI is InChI=1S/2C23H14N4O.2C13H11N2.2Pt/c2*1-2-7-16(8-3-1)26-15-27(23-20(26)13-24-14-25-23)19-11-6-10-18-17-9-4-5-12-21(17)28-22(18)19;2*1-3-7-12(8-4-1)14-11-15-13-9-5-2-6-10-13;;/h2*1-10,12-15H;2*1-11H;;/q2*-2;2*-1;;. The summed E-state index contributed by atoms with van der Waals surface area (Å²) >= 11 is 0. The van der Waals surface area contributed by atoms with Crippen molar-refractivity contribution in [1.29, 1.82) is 0 Å². The molecule has 0 radical (unpaired) electrons. The zero-order chi connectivity index (χ0) is 57.7. The van der Waals surface area contributed by atoms with Gasteiger partial charge in [0, 0.05) is 75.4 Å². The molecule has 0 fully saturated rings. The minimum Gasteiger partial charge on any atom is -0.514 e. The molecule has 6 heterocycles. The molecule has 0 spiro atoms. The molecule has 0 bridgehead atoms. The van der Waals surface area contributed by atoms with E-state index >= 15 is 0 Å². The molecule has 0 amide bonds. The molecule has 2 aliphatic heterocycles. The first kappa shape index (κ1) is 59.2. The number of fused-ring (bicyclic) bond motifs is 8. The molecule has 14 nitrogen and oxygen atoms in total. The SMILES string of the molecule is C(=Nc1ccccc1)[N-]c1ccccc1.C(=Nc1ccccc1)[N-]c1ccccc1.[Pt].[Pt].[c-]1ccc2c(oc3ccccc32)c1N1[CH-]N(c2ccccc2)c2cncnc21.[c-]1ccc2c(oc3ccccc32)c1N1[CH-]N(c2ccccc2)c2cncnc21. The number of aromatic nitrogens is 4. The molecule has 10 aromatic carbocycles. The van der Waals surface area contributed by atoms with Crippen molar-refractivity contribution in [2.75, 3.05) is 19.6 Å². The van der Waals surface area contributed by atoms with Crippen LogP contribution < -0.4 is 19.6 Å². The number of benzene rings is 10. The van der Waals surface area contributed by atoms with Crippen LogP contribution in [0.4, 0.5) is 68.5 Å². The Morgan fingerprint density at radius 3 is 1.14 bits per heavy atom. The van der Waals surface area contributed by atoms with E-state index in [-0.39, 0.29) is 42.1 Å². The van der Waals surface area contributed by atoms with Gasteiger partial charge in [-0.25, -0.2) is 19.9 Å². The Kier molecular flexibility index (Phi) is 19.2. The maximum Gasteiger partial charge on any atom is 0.128 e. The summed E-state index contributed by atoms with van der Waals surface area (Å²) in [5.74, 6) is 1.59. The Morgan fingerprint density at radius 2 is 0.739 bits per heavy atom. The number of aliphatic imine (C=N–C) groups is 2. The minimum absolute atomic E-state index is 0. The number of anilines is 8. The van der Waals surface area contributed by atoms with Crippen molar-refractivity contribution < 1.29 is 51.0 Å². The van der Waals surface area contributed by atoms with Crippen LogP contribution in [0.5, 0.6) is 0 Å². The second-order valence-corrected chi connectivity index (χ2v) is 19.3. The average molecular weight is 1510 g/mol. The van der Waals surface area contributed by atoms with Gasteiger partial charge in [0.25, 0.3) is 0 Å². The average Bonchev–Trinajstić information content (AvgIpc) is 2.12. The van der Waals surface area contributed by atoms with Gasteiger partial charge >= 0.3 is 0 Å². The van der Waals surface area contributed by atoms with E-state index in [0.717, 1.165) is 112 Å². The molecule has 14 aromatic rings. The van der Waals surface area contributed by atoms with E-state index < -0.39 is 0 Å². The van der Waals surface area contributed by atoms with E-state index in [9.17, 15) is 0 Å². The summed E-state index contributed by atoms with van der Waals surface area (Å²) in [6, 6.07) is 90.1. The summed E-state index contributed by atoms with van der Waals surface area (Å²) in [6.45, 7) is 4.01. The van der Waals surface area contributed by atoms with E-state index in [4.69, 9.17) is 8.83 Å². The van der Waals surface area contributed by atoms with Crippen LogP contribution in [-0.2, 0) is 42.1 Å². The van der Waals surface area contributed by atoms with E-state index in [2.05, 4.69) is 98.9 Å². The van der Waals surface area contributed by atoms with Gasteiger partial charge in [-0.2, -0.15) is 36.4 Å². The topological polar surface area (TPSA) is 144 Å². The van der Waals surface area contributed by atoms with Gasteiger partial charge in [0.1, 0.15) is 35.5 Å². The van der Waals surface area contributed by atoms with Gasteiger partial charge in [0.15, 0.2) is 0 Å². The molecule has 88 heavy (non-hydrogen) atoms. The van der Waals surface area contributed by atoms with Gasteiger partial charge in [-0.15, -0.1) is 13.3 Å². The summed E-state index contributed by atoms with van der Waals surface area (Å²) in [5, 5.41) is 12.7. The van der Waals surface area contributed by atoms with Gasteiger partial charge in [-0.05, 0) is 59.1 Å². The van der Waals surface area contributed by atoms with Crippen LogP contribution in [-0.4, -0.2) is 32.6 Å². The molecule has 436 valence electrons. The fraction of sp³-hybridized carbons (Fsp3) is 0. The van der Waals surface area contributed by atoms with E-state index in [1.165, 1.54) is 0 Å². The van der Waals surface area contributed by atoms with Gasteiger partial charge in [-0.3, -0.25) is 0 Å². The Bertz CT molecular complexity index is 4290. The van der Waals surface area contributed by atoms with Crippen molar-refractivity contribution in [3.8, 4) is 0 Å². The van der Waals surface area contributed by atoms with Crippen LogP contribution in [0.2, 0.25) is 0 Å². The minimum atomic E-state index is 0. The number of nitrogens with zero attached hydrogens (tertiary/aromatic N) is 12. The number of rotatable bonds is 10. The second-order valence-electron chi connectivity index (χ2n) is 19.3. The van der Waals surface area contributed by atoms with Crippen LogP contribution >= 0.6 is 0 Å². The first-order valence-electron chi connectivity index (χ1n) is 27.6. The fourth-order valence-electron chi connectivity index (χ4n) is 9.81. The van der Waals surface area contributed by atoms with Crippen molar-refractivity contribution in [2.24, 2.45) is 9.98 Å². The Morgan fingerprint density at radius 1 is 0.386 bits per heavy atom. The van der Waals surface area contributed by atoms with Crippen LogP contribution in [0.3, 0.4) is 0 Å². The molecule has 2 aliphatic rings. The summed E-state index contributed by atoms with van der Waals surface area (Å²) in [5.41, 5.74) is 12.5. The van der Waals surface area contributed by atoms with E-state index in [1.807, 2.05) is 254 Å². The van der Waals surface area contributed by atoms with Gasteiger partial charge in [-0.1, -0.05) is 229 Å². The normalized spacial score (nSPS) is 12.1. The van der Waals surface area contributed by atoms with E-state index in [0.29, 0.717) is 0 Å². The Balaban J connectivity index is 0.000000126. The monoisotopic (exact) mass is 1500 g/mol. The molecule has 0 saturated heterocycles. The molecule has 0 N–H and O–H groups in total. The molecule has 0 unspecified atom stereocenters. The van der Waals surface area contributed by atoms with Gasteiger partial charge in [0.2, 0.25) is 0 Å². The molecule has 16 heteroatoms. The van der Waals surface area contributed by atoms with Gasteiger partial charge < -0.3 is 49.1 Å². The van der Waals surface area contributed by atoms with Crippen molar-refractivity contribution in [3.63, 3.8) is 0 Å². The summed E-state index contributed by atoms with van der Waals surface area (Å²) in [7, 11) is 0. The molecular weight excluding hydrogens is 1460 g/mol. The maximum absolute atomic E-state index is 6.20. The van der Waals surface area contributed by atoms with Crippen LogP contribution in [0.15, 0.2) is 299 Å². The van der Waals surface area contributed by atoms with E-state index in [1.54, 1.807) is 25.3 Å². The number of hydrogen-bond acceptors (Lipinski definition) is 12. The predicted molar refractivity (Wildman–Crippen MR) is 347 cm³/mol. The zero-order valence-electron chi connectivity index (χ0n) is 46.7. The fourth-order valence-corrected chi connectivity index (χ4v) is 9.81. The van der Waals surface area contributed by atoms with Crippen LogP contribution in [0.1, 0.15) is 0 Å². The third-order valence-electron chi connectivity index (χ3n) is 13.8. The quantitative estimate of drug-likeness (QED) is 0.0737. The van der Waals surface area contributed by atoms with Crippen molar-refractivity contribution in [1.82, 2.24) is 19.9 Å². The number of hydrogen-bond donors (Lipinski definition) is 0. The smallest absolute Gasteiger partial charge is 0.128 e. The van der Waals surface area contributed by atoms with Gasteiger partial charge in [0.05, 0.1) is 23.8 Å². The zero-order valence-corrected chi connectivity index (χ0v) is 51.2. The number of furan rings is 2. The first-order chi connectivity index (χ1) is 42.7. The Labute approximate surface area is 537 Å². The molecule has 0 atom stereocenters. The second kappa shape index (κ2) is 28.6. The Hall–Kier alpha value is -10.5. The third-order valence-corrected chi connectivity index (χ3v) is 13.8. The summed E-state index contributed by atoms with van der Waals surface area (Å²) in [6.07, 6.45) is 9.92. The van der Waals surface area contributed by atoms with Crippen molar-refractivity contribution in [2.45, 2.75) is 0 Å². The van der Waals surface area contributed by atoms with Crippen LogP contribution in [0.25, 0.3) is 54.5 Å². The molecule has 0 aliphatic carbocycles. The largest absolute Gasteiger partial charge is 0.514 e. The summed E-state index contributed by atoms with van der Waals surface area (Å²) < 4.78 is 12.4. The predicted octanol–water partition coefficient (Wildman–Crippen LogP) is 19.3. The maximum atomic E-state index is 6.20. The molecular formula is C72H50N12O2Pt2-6. The third kappa shape index (κ3) is 13.3. The summed E-state index contributed by atoms with van der Waals surface area (Å²) in [4.78, 5) is 34.1. The van der Waals surface area contributed by atoms with Crippen LogP contribution in [0, 0.1) is 25.5 Å².